The molecule has 1 aromatic carbocycles. The normalized spacial score (nSPS) is 15.4. The Hall–Kier alpha value is -2.76. The van der Waals surface area contributed by atoms with E-state index in [2.05, 4.69) is 21.0 Å². The smallest absolute Gasteiger partial charge is 0.264 e. The molecular formula is C15H13N5O. The lowest BCUT2D eigenvalue weighted by Gasteiger charge is -2.07. The van der Waals surface area contributed by atoms with Crippen molar-refractivity contribution in [1.29, 1.82) is 0 Å². The molecule has 0 saturated heterocycles. The van der Waals surface area contributed by atoms with Gasteiger partial charge in [0.2, 0.25) is 0 Å². The number of anilines is 1. The van der Waals surface area contributed by atoms with Crippen molar-refractivity contribution in [2.45, 2.75) is 18.8 Å². The van der Waals surface area contributed by atoms with Crippen LogP contribution in [0.3, 0.4) is 0 Å². The van der Waals surface area contributed by atoms with Crippen molar-refractivity contribution in [1.82, 2.24) is 19.4 Å². The van der Waals surface area contributed by atoms with Crippen LogP contribution in [-0.2, 0) is 0 Å². The number of nitrogens with one attached hydrogen (secondary N) is 2. The van der Waals surface area contributed by atoms with Gasteiger partial charge in [0.1, 0.15) is 5.52 Å². The molecule has 4 N–H and O–H groups in total. The SMILES string of the molecule is Nc1nc2[nH]c3ccc(C4CC4)cc3c(=O)n3cc([nH]1)c23. The second kappa shape index (κ2) is 3.46. The molecule has 4 aromatic rings. The van der Waals surface area contributed by atoms with E-state index in [-0.39, 0.29) is 5.56 Å². The van der Waals surface area contributed by atoms with Gasteiger partial charge in [-0.25, -0.2) is 0 Å². The second-order valence-corrected chi connectivity index (χ2v) is 5.74. The zero-order valence-corrected chi connectivity index (χ0v) is 11.2. The highest BCUT2D eigenvalue weighted by atomic mass is 16.1. The van der Waals surface area contributed by atoms with Crippen LogP contribution < -0.4 is 11.3 Å². The van der Waals surface area contributed by atoms with Crippen LogP contribution in [0.15, 0.2) is 29.2 Å². The first kappa shape index (κ1) is 11.0. The third-order valence-electron chi connectivity index (χ3n) is 4.27. The fourth-order valence-electron chi connectivity index (χ4n) is 3.01. The van der Waals surface area contributed by atoms with Crippen molar-refractivity contribution in [3.05, 3.63) is 40.3 Å². The average Bonchev–Trinajstić information content (AvgIpc) is 3.25. The van der Waals surface area contributed by atoms with E-state index in [1.165, 1.54) is 18.4 Å². The minimum Gasteiger partial charge on any atom is -0.369 e. The Balaban J connectivity index is 1.99. The molecule has 6 heteroatoms. The summed E-state index contributed by atoms with van der Waals surface area (Å²) >= 11 is 0. The van der Waals surface area contributed by atoms with E-state index in [4.69, 9.17) is 5.73 Å². The molecule has 0 spiro atoms. The van der Waals surface area contributed by atoms with Gasteiger partial charge in [-0.15, -0.1) is 0 Å². The van der Waals surface area contributed by atoms with Crippen LogP contribution in [0.1, 0.15) is 24.3 Å². The van der Waals surface area contributed by atoms with Crippen LogP contribution in [0.4, 0.5) is 5.95 Å². The van der Waals surface area contributed by atoms with Crippen molar-refractivity contribution in [2.75, 3.05) is 5.73 Å². The van der Waals surface area contributed by atoms with Gasteiger partial charge in [-0.2, -0.15) is 4.98 Å². The molecular weight excluding hydrogens is 266 g/mol. The summed E-state index contributed by atoms with van der Waals surface area (Å²) in [5.41, 5.74) is 9.97. The number of aromatic amines is 2. The zero-order valence-electron chi connectivity index (χ0n) is 11.2. The highest BCUT2D eigenvalue weighted by molar-refractivity contribution is 5.94. The van der Waals surface area contributed by atoms with E-state index in [0.29, 0.717) is 22.9 Å². The highest BCUT2D eigenvalue weighted by Crippen LogP contribution is 2.40. The molecule has 1 fully saturated rings. The molecule has 0 radical (unpaired) electrons. The van der Waals surface area contributed by atoms with Gasteiger partial charge in [0, 0.05) is 6.20 Å². The number of hydrogen-bond acceptors (Lipinski definition) is 3. The third kappa shape index (κ3) is 1.41. The van der Waals surface area contributed by atoms with Crippen LogP contribution in [0.25, 0.3) is 27.6 Å². The summed E-state index contributed by atoms with van der Waals surface area (Å²) < 4.78 is 1.63. The quantitative estimate of drug-likeness (QED) is 0.498. The largest absolute Gasteiger partial charge is 0.369 e. The molecule has 0 unspecified atom stereocenters. The predicted octanol–water partition coefficient (Wildman–Crippen LogP) is 2.12. The van der Waals surface area contributed by atoms with Crippen LogP contribution in [0.5, 0.6) is 0 Å². The maximum Gasteiger partial charge on any atom is 0.264 e. The summed E-state index contributed by atoms with van der Waals surface area (Å²) in [4.78, 5) is 23.2. The Morgan fingerprint density at radius 1 is 1.24 bits per heavy atom. The Morgan fingerprint density at radius 3 is 2.90 bits per heavy atom. The molecule has 21 heavy (non-hydrogen) atoms. The second-order valence-electron chi connectivity index (χ2n) is 5.74. The van der Waals surface area contributed by atoms with Gasteiger partial charge in [-0.05, 0) is 36.5 Å². The molecule has 0 atom stereocenters. The number of nitrogens with two attached hydrogens (primary N) is 1. The fraction of sp³-hybridized carbons (Fsp3) is 0.200. The molecule has 3 heterocycles. The average molecular weight is 279 g/mol. The molecule has 0 amide bonds. The molecule has 1 aliphatic carbocycles. The van der Waals surface area contributed by atoms with Crippen molar-refractivity contribution in [3.8, 4) is 0 Å². The molecule has 6 nitrogen and oxygen atoms in total. The van der Waals surface area contributed by atoms with E-state index in [1.807, 2.05) is 12.1 Å². The summed E-state index contributed by atoms with van der Waals surface area (Å²) in [6.07, 6.45) is 4.20. The minimum absolute atomic E-state index is 0.0220. The van der Waals surface area contributed by atoms with E-state index >= 15 is 0 Å². The molecule has 1 saturated carbocycles. The number of hydrogen-bond donors (Lipinski definition) is 3. The first-order valence-electron chi connectivity index (χ1n) is 7.03. The number of aromatic nitrogens is 4. The Kier molecular flexibility index (Phi) is 1.81. The number of nitrogens with zero attached hydrogens (tertiary/aromatic N) is 2. The monoisotopic (exact) mass is 279 g/mol. The van der Waals surface area contributed by atoms with Crippen molar-refractivity contribution >= 4 is 33.5 Å². The van der Waals surface area contributed by atoms with E-state index in [1.54, 1.807) is 10.6 Å². The number of H-pyrrole nitrogens is 2. The van der Waals surface area contributed by atoms with Gasteiger partial charge in [0.15, 0.2) is 11.6 Å². The Bertz CT molecular complexity index is 1080. The number of benzene rings is 1. The van der Waals surface area contributed by atoms with E-state index in [0.717, 1.165) is 16.6 Å². The first-order valence-corrected chi connectivity index (χ1v) is 7.03. The summed E-state index contributed by atoms with van der Waals surface area (Å²) in [5.74, 6) is 0.949. The topological polar surface area (TPSA) is 92.0 Å². The fourth-order valence-corrected chi connectivity index (χ4v) is 3.01. The van der Waals surface area contributed by atoms with Crippen LogP contribution in [0.2, 0.25) is 0 Å². The summed E-state index contributed by atoms with van der Waals surface area (Å²) in [7, 11) is 0. The lowest BCUT2D eigenvalue weighted by molar-refractivity contribution is 1.08. The van der Waals surface area contributed by atoms with Crippen molar-refractivity contribution in [2.24, 2.45) is 0 Å². The third-order valence-corrected chi connectivity index (χ3v) is 4.27. The van der Waals surface area contributed by atoms with E-state index in [9.17, 15) is 4.79 Å². The summed E-state index contributed by atoms with van der Waals surface area (Å²) in [6, 6.07) is 6.06. The molecule has 0 aliphatic heterocycles. The highest BCUT2D eigenvalue weighted by Gasteiger charge is 2.24. The lowest BCUT2D eigenvalue weighted by atomic mass is 10.1. The standard InChI is InChI=1S/C15H13N5O/c16-15-18-11-6-20-12(11)13(19-15)17-10-4-3-8(7-1-2-7)5-9(10)14(20)21/h3-7,17H,1-2H2,(H3,16,18,19). The van der Waals surface area contributed by atoms with Crippen LogP contribution in [0, 0.1) is 0 Å². The minimum atomic E-state index is -0.0220. The van der Waals surface area contributed by atoms with Gasteiger partial charge >= 0.3 is 0 Å². The van der Waals surface area contributed by atoms with Crippen molar-refractivity contribution in [3.63, 3.8) is 0 Å². The predicted molar refractivity (Wildman–Crippen MR) is 81.6 cm³/mol. The number of nitrogen functional groups attached to an aromatic ring is 1. The molecule has 0 bridgehead atoms. The first-order chi connectivity index (χ1) is 10.2. The van der Waals surface area contributed by atoms with Gasteiger partial charge < -0.3 is 15.7 Å². The van der Waals surface area contributed by atoms with E-state index < -0.39 is 0 Å². The molecule has 1 aliphatic rings. The molecule has 3 aromatic heterocycles. The Labute approximate surface area is 118 Å². The van der Waals surface area contributed by atoms with Gasteiger partial charge in [0.05, 0.1) is 16.4 Å². The summed E-state index contributed by atoms with van der Waals surface area (Å²) in [5, 5.41) is 0.692. The van der Waals surface area contributed by atoms with Gasteiger partial charge in [-0.3, -0.25) is 9.20 Å². The summed E-state index contributed by atoms with van der Waals surface area (Å²) in [6.45, 7) is 0. The number of fused-ring (bicyclic) bond motifs is 1. The molecule has 104 valence electrons. The maximum absolute atomic E-state index is 12.7. The van der Waals surface area contributed by atoms with Crippen molar-refractivity contribution < 1.29 is 0 Å². The molecule has 5 rings (SSSR count). The van der Waals surface area contributed by atoms with Crippen LogP contribution >= 0.6 is 0 Å². The van der Waals surface area contributed by atoms with Gasteiger partial charge in [-0.1, -0.05) is 6.07 Å². The van der Waals surface area contributed by atoms with Crippen LogP contribution in [-0.4, -0.2) is 19.4 Å². The Morgan fingerprint density at radius 2 is 2.10 bits per heavy atom. The maximum atomic E-state index is 12.7. The lowest BCUT2D eigenvalue weighted by Crippen LogP contribution is -2.15. The zero-order chi connectivity index (χ0) is 14.1. The van der Waals surface area contributed by atoms with Gasteiger partial charge in [0.25, 0.3) is 5.56 Å². The number of rotatable bonds is 1.